The maximum absolute atomic E-state index is 12.5. The molecule has 0 aliphatic carbocycles. The molecule has 1 fully saturated rings. The average Bonchev–Trinajstić information content (AvgIpc) is 2.59. The van der Waals surface area contributed by atoms with E-state index in [9.17, 15) is 13.2 Å². The predicted octanol–water partition coefficient (Wildman–Crippen LogP) is 1.91. The molecule has 26 heavy (non-hydrogen) atoms. The zero-order valence-electron chi connectivity index (χ0n) is 16.0. The molecule has 0 unspecified atom stereocenters. The van der Waals surface area contributed by atoms with Crippen LogP contribution in [0.1, 0.15) is 33.3 Å². The summed E-state index contributed by atoms with van der Waals surface area (Å²) in [6.07, 6.45) is 1.61. The lowest BCUT2D eigenvalue weighted by molar-refractivity contribution is -0.127. The fourth-order valence-corrected chi connectivity index (χ4v) is 3.97. The van der Waals surface area contributed by atoms with E-state index in [1.807, 2.05) is 62.9 Å². The van der Waals surface area contributed by atoms with Gasteiger partial charge in [-0.2, -0.15) is 4.31 Å². The average molecular weight is 380 g/mol. The summed E-state index contributed by atoms with van der Waals surface area (Å²) in [4.78, 5) is 14.3. The Kier molecular flexibility index (Phi) is 6.60. The van der Waals surface area contributed by atoms with Crippen LogP contribution in [0.4, 0.5) is 0 Å². The molecule has 1 atom stereocenters. The molecule has 1 saturated heterocycles. The highest BCUT2D eigenvalue weighted by Gasteiger charge is 2.30. The SMILES string of the molecule is C[C@@H](C(=O)NC(C)(C)C)N1CCN(S(=O)(=O)/C=C/c2ccccc2)CC1. The van der Waals surface area contributed by atoms with E-state index >= 15 is 0 Å². The van der Waals surface area contributed by atoms with Crippen molar-refractivity contribution in [1.82, 2.24) is 14.5 Å². The first-order valence-electron chi connectivity index (χ1n) is 8.88. The molecule has 1 amide bonds. The molecule has 1 aliphatic rings. The summed E-state index contributed by atoms with van der Waals surface area (Å²) in [7, 11) is -3.45. The van der Waals surface area contributed by atoms with Crippen molar-refractivity contribution >= 4 is 22.0 Å². The van der Waals surface area contributed by atoms with Crippen LogP contribution < -0.4 is 5.32 Å². The van der Waals surface area contributed by atoms with Crippen molar-refractivity contribution in [3.8, 4) is 0 Å². The number of hydrogen-bond donors (Lipinski definition) is 1. The van der Waals surface area contributed by atoms with Crippen molar-refractivity contribution in [2.75, 3.05) is 26.2 Å². The van der Waals surface area contributed by atoms with Gasteiger partial charge in [0.15, 0.2) is 0 Å². The third-order valence-corrected chi connectivity index (χ3v) is 5.86. The van der Waals surface area contributed by atoms with Crippen LogP contribution in [-0.4, -0.2) is 61.3 Å². The third-order valence-electron chi connectivity index (χ3n) is 4.29. The second kappa shape index (κ2) is 8.33. The van der Waals surface area contributed by atoms with Crippen molar-refractivity contribution in [2.24, 2.45) is 0 Å². The van der Waals surface area contributed by atoms with Gasteiger partial charge in [-0.05, 0) is 39.3 Å². The van der Waals surface area contributed by atoms with Gasteiger partial charge in [-0.15, -0.1) is 0 Å². The Bertz CT molecular complexity index is 731. The standard InChI is InChI=1S/C19H29N3O3S/c1-16(18(23)20-19(2,3)4)21-11-13-22(14-12-21)26(24,25)15-10-17-8-6-5-7-9-17/h5-10,15-16H,11-14H2,1-4H3,(H,20,23)/b15-10+/t16-/m0/s1. The summed E-state index contributed by atoms with van der Waals surface area (Å²) >= 11 is 0. The van der Waals surface area contributed by atoms with Crippen LogP contribution in [0.5, 0.6) is 0 Å². The molecule has 0 bridgehead atoms. The van der Waals surface area contributed by atoms with Crippen molar-refractivity contribution in [2.45, 2.75) is 39.3 Å². The number of nitrogens with one attached hydrogen (secondary N) is 1. The van der Waals surface area contributed by atoms with E-state index in [1.54, 1.807) is 6.08 Å². The number of nitrogens with zero attached hydrogens (tertiary/aromatic N) is 2. The first-order valence-corrected chi connectivity index (χ1v) is 10.4. The molecule has 144 valence electrons. The molecular formula is C19H29N3O3S. The molecule has 0 spiro atoms. The van der Waals surface area contributed by atoms with Crippen molar-refractivity contribution in [3.05, 3.63) is 41.3 Å². The minimum Gasteiger partial charge on any atom is -0.350 e. The molecule has 6 nitrogen and oxygen atoms in total. The van der Waals surface area contributed by atoms with Gasteiger partial charge in [0, 0.05) is 37.1 Å². The van der Waals surface area contributed by atoms with Gasteiger partial charge in [0.2, 0.25) is 15.9 Å². The minimum atomic E-state index is -3.45. The van der Waals surface area contributed by atoms with Gasteiger partial charge in [-0.1, -0.05) is 30.3 Å². The van der Waals surface area contributed by atoms with Crippen molar-refractivity contribution < 1.29 is 13.2 Å². The highest BCUT2D eigenvalue weighted by atomic mass is 32.2. The maximum atomic E-state index is 12.5. The molecule has 7 heteroatoms. The Balaban J connectivity index is 1.93. The summed E-state index contributed by atoms with van der Waals surface area (Å²) in [5.41, 5.74) is 0.570. The van der Waals surface area contributed by atoms with E-state index in [1.165, 1.54) is 9.71 Å². The van der Waals surface area contributed by atoms with Crippen LogP contribution >= 0.6 is 0 Å². The Hall–Kier alpha value is -1.70. The van der Waals surface area contributed by atoms with Crippen LogP contribution in [0.25, 0.3) is 6.08 Å². The first kappa shape index (κ1) is 20.6. The van der Waals surface area contributed by atoms with Gasteiger partial charge in [-0.3, -0.25) is 9.69 Å². The van der Waals surface area contributed by atoms with Gasteiger partial charge in [-0.25, -0.2) is 8.42 Å². The molecule has 0 aromatic heterocycles. The molecule has 1 N–H and O–H groups in total. The van der Waals surface area contributed by atoms with Crippen LogP contribution in [-0.2, 0) is 14.8 Å². The van der Waals surface area contributed by atoms with E-state index in [4.69, 9.17) is 0 Å². The summed E-state index contributed by atoms with van der Waals surface area (Å²) in [6, 6.07) is 9.07. The minimum absolute atomic E-state index is 0.0298. The molecule has 0 saturated carbocycles. The fourth-order valence-electron chi connectivity index (χ4n) is 2.80. The lowest BCUT2D eigenvalue weighted by Crippen LogP contribution is -2.56. The van der Waals surface area contributed by atoms with Gasteiger partial charge in [0.1, 0.15) is 0 Å². The lowest BCUT2D eigenvalue weighted by atomic mass is 10.1. The predicted molar refractivity (Wildman–Crippen MR) is 105 cm³/mol. The molecule has 0 radical (unpaired) electrons. The molecule has 2 rings (SSSR count). The number of sulfonamides is 1. The van der Waals surface area contributed by atoms with E-state index in [0.717, 1.165) is 5.56 Å². The second-order valence-corrected chi connectivity index (χ2v) is 9.43. The third kappa shape index (κ3) is 5.93. The summed E-state index contributed by atoms with van der Waals surface area (Å²) < 4.78 is 26.5. The molecule has 1 aliphatic heterocycles. The van der Waals surface area contributed by atoms with Crippen LogP contribution in [0.15, 0.2) is 35.7 Å². The topological polar surface area (TPSA) is 69.7 Å². The Labute approximate surface area is 156 Å². The van der Waals surface area contributed by atoms with E-state index < -0.39 is 10.0 Å². The molecule has 1 heterocycles. The number of benzene rings is 1. The number of amides is 1. The summed E-state index contributed by atoms with van der Waals surface area (Å²) in [5.74, 6) is -0.0298. The highest BCUT2D eigenvalue weighted by Crippen LogP contribution is 2.14. The summed E-state index contributed by atoms with van der Waals surface area (Å²) in [5, 5.41) is 4.23. The Morgan fingerprint density at radius 2 is 1.69 bits per heavy atom. The van der Waals surface area contributed by atoms with Gasteiger partial charge in [0.05, 0.1) is 6.04 Å². The molecule has 1 aromatic carbocycles. The highest BCUT2D eigenvalue weighted by molar-refractivity contribution is 7.92. The van der Waals surface area contributed by atoms with E-state index in [-0.39, 0.29) is 17.5 Å². The Morgan fingerprint density at radius 1 is 1.12 bits per heavy atom. The van der Waals surface area contributed by atoms with Crippen molar-refractivity contribution in [1.29, 1.82) is 0 Å². The van der Waals surface area contributed by atoms with Gasteiger partial charge in [0.25, 0.3) is 0 Å². The van der Waals surface area contributed by atoms with Crippen molar-refractivity contribution in [3.63, 3.8) is 0 Å². The van der Waals surface area contributed by atoms with Crippen LogP contribution in [0, 0.1) is 0 Å². The number of rotatable bonds is 5. The maximum Gasteiger partial charge on any atom is 0.237 e. The van der Waals surface area contributed by atoms with E-state index in [0.29, 0.717) is 26.2 Å². The smallest absolute Gasteiger partial charge is 0.237 e. The van der Waals surface area contributed by atoms with Crippen LogP contribution in [0.3, 0.4) is 0 Å². The fraction of sp³-hybridized carbons (Fsp3) is 0.526. The summed E-state index contributed by atoms with van der Waals surface area (Å²) in [6.45, 7) is 9.54. The Morgan fingerprint density at radius 3 is 2.23 bits per heavy atom. The number of hydrogen-bond acceptors (Lipinski definition) is 4. The normalized spacial score (nSPS) is 18.8. The zero-order chi connectivity index (χ0) is 19.4. The largest absolute Gasteiger partial charge is 0.350 e. The lowest BCUT2D eigenvalue weighted by Gasteiger charge is -2.37. The number of carbonyl (C=O) groups is 1. The molecule has 1 aromatic rings. The zero-order valence-corrected chi connectivity index (χ0v) is 16.8. The number of carbonyl (C=O) groups excluding carboxylic acids is 1. The van der Waals surface area contributed by atoms with Gasteiger partial charge >= 0.3 is 0 Å². The first-order chi connectivity index (χ1) is 12.1. The van der Waals surface area contributed by atoms with Crippen LogP contribution in [0.2, 0.25) is 0 Å². The second-order valence-electron chi connectivity index (χ2n) is 7.61. The monoisotopic (exact) mass is 379 g/mol. The number of piperazine rings is 1. The van der Waals surface area contributed by atoms with Gasteiger partial charge < -0.3 is 5.32 Å². The molecular weight excluding hydrogens is 350 g/mol. The van der Waals surface area contributed by atoms with E-state index in [2.05, 4.69) is 5.32 Å². The quantitative estimate of drug-likeness (QED) is 0.848.